The number of alkyl halides is 3. The Bertz CT molecular complexity index is 1390. The fourth-order valence-corrected chi connectivity index (χ4v) is 6.03. The number of hydrogen-bond acceptors (Lipinski definition) is 7. The fourth-order valence-electron chi connectivity index (χ4n) is 4.91. The van der Waals surface area contributed by atoms with Crippen molar-refractivity contribution in [2.24, 2.45) is 0 Å². The van der Waals surface area contributed by atoms with Crippen molar-refractivity contribution in [2.45, 2.75) is 52.0 Å². The number of nitrogens with zero attached hydrogens (tertiary/aromatic N) is 7. The minimum absolute atomic E-state index is 0.154. The van der Waals surface area contributed by atoms with Crippen molar-refractivity contribution in [1.82, 2.24) is 24.7 Å². The molecule has 5 heterocycles. The maximum absolute atomic E-state index is 13.3. The van der Waals surface area contributed by atoms with Crippen LogP contribution in [0.4, 0.5) is 24.9 Å². The fraction of sp³-hybridized carbons (Fsp3) is 0.417. The SMILES string of the molecule is CCCc1cc2c(N3CCn4c(nnc4C(F)(F)F)C3)nc(N3CCc4ccccc4C3)nc2s1. The molecule has 0 aliphatic carbocycles. The standard InChI is InChI=1S/C24H24F3N7S/c1-2-5-17-12-18-20(32-10-11-34-19(14-32)30-31-22(34)24(25,26)27)28-23(29-21(18)35-17)33-9-8-15-6-3-4-7-16(15)13-33/h3-4,6-7,12H,2,5,8-11,13-14H2,1H3. The normalized spacial score (nSPS) is 16.0. The second-order valence-corrected chi connectivity index (χ2v) is 10.1. The van der Waals surface area contributed by atoms with Crippen LogP contribution in [0.15, 0.2) is 30.3 Å². The summed E-state index contributed by atoms with van der Waals surface area (Å²) in [6.45, 7) is 4.46. The van der Waals surface area contributed by atoms with Gasteiger partial charge in [-0.3, -0.25) is 0 Å². The minimum atomic E-state index is -4.52. The molecule has 0 saturated carbocycles. The number of benzene rings is 1. The van der Waals surface area contributed by atoms with Crippen LogP contribution >= 0.6 is 11.3 Å². The first-order chi connectivity index (χ1) is 16.9. The van der Waals surface area contributed by atoms with E-state index >= 15 is 0 Å². The molecule has 1 aromatic carbocycles. The highest BCUT2D eigenvalue weighted by Crippen LogP contribution is 2.36. The molecule has 0 radical (unpaired) electrons. The predicted octanol–water partition coefficient (Wildman–Crippen LogP) is 4.84. The molecule has 0 amide bonds. The quantitative estimate of drug-likeness (QED) is 0.401. The molecule has 7 nitrogen and oxygen atoms in total. The molecule has 0 bridgehead atoms. The summed E-state index contributed by atoms with van der Waals surface area (Å²) in [6, 6.07) is 10.6. The molecule has 0 N–H and O–H groups in total. The average molecular weight is 500 g/mol. The van der Waals surface area contributed by atoms with E-state index in [1.807, 2.05) is 11.0 Å². The lowest BCUT2D eigenvalue weighted by Gasteiger charge is -2.32. The second kappa shape index (κ2) is 8.47. The topological polar surface area (TPSA) is 63.0 Å². The van der Waals surface area contributed by atoms with Gasteiger partial charge in [0.05, 0.1) is 11.9 Å². The number of aryl methyl sites for hydroxylation is 1. The number of rotatable bonds is 4. The molecule has 0 spiro atoms. The molecular weight excluding hydrogens is 475 g/mol. The zero-order chi connectivity index (χ0) is 24.2. The van der Waals surface area contributed by atoms with Crippen LogP contribution in [0, 0.1) is 0 Å². The Balaban J connectivity index is 1.39. The smallest absolute Gasteiger partial charge is 0.347 e. The molecule has 0 unspecified atom stereocenters. The van der Waals surface area contributed by atoms with Crippen LogP contribution in [0.5, 0.6) is 0 Å². The number of anilines is 2. The first-order valence-electron chi connectivity index (χ1n) is 11.8. The van der Waals surface area contributed by atoms with E-state index in [1.165, 1.54) is 20.6 Å². The molecule has 11 heteroatoms. The minimum Gasteiger partial charge on any atom is -0.347 e. The van der Waals surface area contributed by atoms with Gasteiger partial charge < -0.3 is 14.4 Å². The van der Waals surface area contributed by atoms with Gasteiger partial charge in [0, 0.05) is 31.1 Å². The van der Waals surface area contributed by atoms with Gasteiger partial charge in [0.2, 0.25) is 11.8 Å². The molecule has 0 saturated heterocycles. The van der Waals surface area contributed by atoms with Gasteiger partial charge in [0.25, 0.3) is 0 Å². The summed E-state index contributed by atoms with van der Waals surface area (Å²) in [7, 11) is 0. The van der Waals surface area contributed by atoms with Crippen molar-refractivity contribution >= 4 is 33.3 Å². The van der Waals surface area contributed by atoms with E-state index in [0.29, 0.717) is 18.3 Å². The summed E-state index contributed by atoms with van der Waals surface area (Å²) in [5.41, 5.74) is 2.62. The van der Waals surface area contributed by atoms with Crippen LogP contribution < -0.4 is 9.80 Å². The molecule has 4 aromatic rings. The first kappa shape index (κ1) is 22.3. The number of halogens is 3. The van der Waals surface area contributed by atoms with Crippen LogP contribution in [0.25, 0.3) is 10.2 Å². The second-order valence-electron chi connectivity index (χ2n) is 8.98. The van der Waals surface area contributed by atoms with E-state index < -0.39 is 12.0 Å². The Labute approximate surface area is 204 Å². The molecule has 6 rings (SSSR count). The van der Waals surface area contributed by atoms with E-state index in [4.69, 9.17) is 9.97 Å². The lowest BCUT2D eigenvalue weighted by Crippen LogP contribution is -2.37. The maximum Gasteiger partial charge on any atom is 0.451 e. The average Bonchev–Trinajstić information content (AvgIpc) is 3.46. The van der Waals surface area contributed by atoms with Crippen LogP contribution in [0.1, 0.15) is 41.0 Å². The molecule has 2 aliphatic heterocycles. The highest BCUT2D eigenvalue weighted by atomic mass is 32.1. The van der Waals surface area contributed by atoms with Crippen molar-refractivity contribution in [2.75, 3.05) is 22.9 Å². The summed E-state index contributed by atoms with van der Waals surface area (Å²) in [5, 5.41) is 8.22. The first-order valence-corrected chi connectivity index (χ1v) is 12.6. The van der Waals surface area contributed by atoms with Crippen LogP contribution in [-0.2, 0) is 38.7 Å². The molecule has 0 atom stereocenters. The molecule has 3 aromatic heterocycles. The molecule has 182 valence electrons. The van der Waals surface area contributed by atoms with Gasteiger partial charge in [-0.1, -0.05) is 37.6 Å². The van der Waals surface area contributed by atoms with E-state index in [0.717, 1.165) is 48.4 Å². The number of hydrogen-bond donors (Lipinski definition) is 0. The van der Waals surface area contributed by atoms with Crippen molar-refractivity contribution in [3.05, 3.63) is 58.0 Å². The Kier molecular flexibility index (Phi) is 5.39. The Morgan fingerprint density at radius 3 is 2.60 bits per heavy atom. The highest BCUT2D eigenvalue weighted by molar-refractivity contribution is 7.18. The van der Waals surface area contributed by atoms with E-state index in [9.17, 15) is 13.2 Å². The zero-order valence-corrected chi connectivity index (χ0v) is 20.0. The number of aromatic nitrogens is 5. The molecular formula is C24H24F3N7S. The molecule has 35 heavy (non-hydrogen) atoms. The van der Waals surface area contributed by atoms with Crippen molar-refractivity contribution in [1.29, 1.82) is 0 Å². The van der Waals surface area contributed by atoms with Gasteiger partial charge in [-0.15, -0.1) is 21.5 Å². The summed E-state index contributed by atoms with van der Waals surface area (Å²) in [4.78, 5) is 16.3. The van der Waals surface area contributed by atoms with Crippen molar-refractivity contribution < 1.29 is 13.2 Å². The van der Waals surface area contributed by atoms with Gasteiger partial charge in [0.1, 0.15) is 10.6 Å². The third-order valence-electron chi connectivity index (χ3n) is 6.63. The van der Waals surface area contributed by atoms with Gasteiger partial charge in [-0.25, -0.2) is 4.98 Å². The van der Waals surface area contributed by atoms with Crippen LogP contribution in [-0.4, -0.2) is 37.8 Å². The highest BCUT2D eigenvalue weighted by Gasteiger charge is 2.40. The Hall–Kier alpha value is -3.21. The lowest BCUT2D eigenvalue weighted by molar-refractivity contribution is -0.147. The van der Waals surface area contributed by atoms with Gasteiger partial charge in [-0.05, 0) is 30.0 Å². The Morgan fingerprint density at radius 1 is 0.971 bits per heavy atom. The van der Waals surface area contributed by atoms with Crippen LogP contribution in [0.2, 0.25) is 0 Å². The largest absolute Gasteiger partial charge is 0.451 e. The van der Waals surface area contributed by atoms with Crippen molar-refractivity contribution in [3.63, 3.8) is 0 Å². The van der Waals surface area contributed by atoms with Gasteiger partial charge in [0.15, 0.2) is 5.82 Å². The monoisotopic (exact) mass is 499 g/mol. The summed E-state index contributed by atoms with van der Waals surface area (Å²) >= 11 is 1.67. The number of fused-ring (bicyclic) bond motifs is 3. The Morgan fingerprint density at radius 2 is 1.80 bits per heavy atom. The third kappa shape index (κ3) is 4.01. The zero-order valence-electron chi connectivity index (χ0n) is 19.2. The van der Waals surface area contributed by atoms with E-state index in [2.05, 4.69) is 46.3 Å². The van der Waals surface area contributed by atoms with E-state index in [-0.39, 0.29) is 13.1 Å². The van der Waals surface area contributed by atoms with Crippen LogP contribution in [0.3, 0.4) is 0 Å². The van der Waals surface area contributed by atoms with E-state index in [1.54, 1.807) is 11.3 Å². The summed E-state index contributed by atoms with van der Waals surface area (Å²) in [6.07, 6.45) is -1.62. The number of thiophene rings is 1. The lowest BCUT2D eigenvalue weighted by atomic mass is 10.0. The predicted molar refractivity (Wildman–Crippen MR) is 129 cm³/mol. The maximum atomic E-state index is 13.3. The van der Waals surface area contributed by atoms with Gasteiger partial charge >= 0.3 is 6.18 Å². The summed E-state index contributed by atoms with van der Waals surface area (Å²) in [5.74, 6) is 0.779. The molecule has 2 aliphatic rings. The van der Waals surface area contributed by atoms with Crippen molar-refractivity contribution in [3.8, 4) is 0 Å². The third-order valence-corrected chi connectivity index (χ3v) is 7.72. The molecule has 0 fully saturated rings. The van der Waals surface area contributed by atoms with Gasteiger partial charge in [-0.2, -0.15) is 18.2 Å². The summed E-state index contributed by atoms with van der Waals surface area (Å²) < 4.78 is 41.1.